The Labute approximate surface area is 139 Å². The van der Waals surface area contributed by atoms with Gasteiger partial charge in [-0.05, 0) is 42.6 Å². The largest absolute Gasteiger partial charge is 0.449 e. The zero-order chi connectivity index (χ0) is 15.5. The molecule has 22 heavy (non-hydrogen) atoms. The van der Waals surface area contributed by atoms with E-state index in [1.165, 1.54) is 11.3 Å². The van der Waals surface area contributed by atoms with Gasteiger partial charge < -0.3 is 9.15 Å². The van der Waals surface area contributed by atoms with Gasteiger partial charge in [0, 0.05) is 4.47 Å². The van der Waals surface area contributed by atoms with E-state index in [9.17, 15) is 4.79 Å². The molecule has 5 nitrogen and oxygen atoms in total. The molecule has 0 N–H and O–H groups in total. The van der Waals surface area contributed by atoms with Crippen molar-refractivity contribution < 1.29 is 13.9 Å². The Bertz CT molecular complexity index is 768. The third kappa shape index (κ3) is 3.26. The first-order valence-electron chi connectivity index (χ1n) is 6.47. The van der Waals surface area contributed by atoms with Gasteiger partial charge in [0.25, 0.3) is 11.8 Å². The molecule has 0 aliphatic rings. The molecule has 1 atom stereocenters. The van der Waals surface area contributed by atoms with E-state index in [0.717, 1.165) is 9.35 Å². The molecule has 2 aromatic heterocycles. The van der Waals surface area contributed by atoms with Gasteiger partial charge in [-0.1, -0.05) is 22.0 Å². The smallest absolute Gasteiger partial charge is 0.338 e. The van der Waals surface area contributed by atoms with Crippen LogP contribution in [0.1, 0.15) is 29.3 Å². The number of ether oxygens (including phenoxy) is 1. The number of hydrogen-bond donors (Lipinski definition) is 0. The van der Waals surface area contributed by atoms with Gasteiger partial charge in [-0.25, -0.2) is 4.79 Å². The second-order valence-electron chi connectivity index (χ2n) is 4.48. The zero-order valence-electron chi connectivity index (χ0n) is 11.5. The van der Waals surface area contributed by atoms with Crippen LogP contribution in [0.2, 0.25) is 0 Å². The second kappa shape index (κ2) is 6.41. The summed E-state index contributed by atoms with van der Waals surface area (Å²) in [7, 11) is 0. The van der Waals surface area contributed by atoms with Gasteiger partial charge in [-0.15, -0.1) is 21.5 Å². The number of thiophene rings is 1. The highest BCUT2D eigenvalue weighted by atomic mass is 79.9. The maximum atomic E-state index is 12.0. The second-order valence-corrected chi connectivity index (χ2v) is 6.34. The number of hydrogen-bond acceptors (Lipinski definition) is 6. The summed E-state index contributed by atoms with van der Waals surface area (Å²) < 4.78 is 11.8. The SMILES string of the molecule is C[C@H](OC(=O)c1ccc(Br)cc1)c1nnc(-c2cccs2)o1. The number of rotatable bonds is 4. The van der Waals surface area contributed by atoms with Gasteiger partial charge >= 0.3 is 5.97 Å². The van der Waals surface area contributed by atoms with Crippen molar-refractivity contribution in [3.05, 3.63) is 57.7 Å². The Morgan fingerprint density at radius 3 is 2.73 bits per heavy atom. The minimum Gasteiger partial charge on any atom is -0.449 e. The van der Waals surface area contributed by atoms with Gasteiger partial charge in [-0.2, -0.15) is 0 Å². The van der Waals surface area contributed by atoms with Crippen LogP contribution in [0.15, 0.2) is 50.7 Å². The van der Waals surface area contributed by atoms with Crippen LogP contribution in [0.3, 0.4) is 0 Å². The van der Waals surface area contributed by atoms with Gasteiger partial charge in [0.15, 0.2) is 6.10 Å². The van der Waals surface area contributed by atoms with Crippen LogP contribution in [0.4, 0.5) is 0 Å². The van der Waals surface area contributed by atoms with Crippen LogP contribution in [0.25, 0.3) is 10.8 Å². The Balaban J connectivity index is 1.70. The predicted octanol–water partition coefficient (Wildman–Crippen LogP) is 4.48. The number of carbonyl (C=O) groups excluding carboxylic acids is 1. The zero-order valence-corrected chi connectivity index (χ0v) is 13.9. The number of benzene rings is 1. The van der Waals surface area contributed by atoms with Crippen molar-refractivity contribution in [2.45, 2.75) is 13.0 Å². The number of halogens is 1. The van der Waals surface area contributed by atoms with Crippen LogP contribution in [-0.4, -0.2) is 16.2 Å². The van der Waals surface area contributed by atoms with Crippen LogP contribution in [0.5, 0.6) is 0 Å². The van der Waals surface area contributed by atoms with Gasteiger partial charge in [0.1, 0.15) is 0 Å². The van der Waals surface area contributed by atoms with Crippen molar-refractivity contribution in [3.8, 4) is 10.8 Å². The van der Waals surface area contributed by atoms with Crippen LogP contribution >= 0.6 is 27.3 Å². The number of carbonyl (C=O) groups is 1. The van der Waals surface area contributed by atoms with Crippen molar-refractivity contribution in [1.82, 2.24) is 10.2 Å². The molecule has 0 saturated carbocycles. The van der Waals surface area contributed by atoms with Crippen LogP contribution < -0.4 is 0 Å². The first-order chi connectivity index (χ1) is 10.6. The average Bonchev–Trinajstić information content (AvgIpc) is 3.19. The van der Waals surface area contributed by atoms with E-state index >= 15 is 0 Å². The number of nitrogens with zero attached hydrogens (tertiary/aromatic N) is 2. The van der Waals surface area contributed by atoms with Crippen molar-refractivity contribution in [2.24, 2.45) is 0 Å². The quantitative estimate of drug-likeness (QED) is 0.626. The minimum atomic E-state index is -0.614. The lowest BCUT2D eigenvalue weighted by Gasteiger charge is -2.09. The summed E-state index contributed by atoms with van der Waals surface area (Å²) in [4.78, 5) is 12.9. The van der Waals surface area contributed by atoms with Crippen molar-refractivity contribution in [3.63, 3.8) is 0 Å². The first-order valence-corrected chi connectivity index (χ1v) is 8.14. The lowest BCUT2D eigenvalue weighted by Crippen LogP contribution is -2.09. The molecule has 1 aromatic carbocycles. The lowest BCUT2D eigenvalue weighted by atomic mass is 10.2. The van der Waals surface area contributed by atoms with Crippen LogP contribution in [-0.2, 0) is 4.74 Å². The molecule has 0 saturated heterocycles. The molecule has 2 heterocycles. The van der Waals surface area contributed by atoms with E-state index in [2.05, 4.69) is 26.1 Å². The summed E-state index contributed by atoms with van der Waals surface area (Å²) in [5.74, 6) is 0.265. The average molecular weight is 379 g/mol. The molecular weight excluding hydrogens is 368 g/mol. The third-order valence-corrected chi connectivity index (χ3v) is 4.27. The lowest BCUT2D eigenvalue weighted by molar-refractivity contribution is 0.0280. The highest BCUT2D eigenvalue weighted by Gasteiger charge is 2.20. The molecule has 3 rings (SSSR count). The number of esters is 1. The van der Waals surface area contributed by atoms with Gasteiger partial charge in [0.2, 0.25) is 0 Å². The van der Waals surface area contributed by atoms with Gasteiger partial charge in [-0.3, -0.25) is 0 Å². The molecule has 0 unspecified atom stereocenters. The van der Waals surface area contributed by atoms with Gasteiger partial charge in [0.05, 0.1) is 10.4 Å². The van der Waals surface area contributed by atoms with E-state index in [1.807, 2.05) is 17.5 Å². The van der Waals surface area contributed by atoms with Crippen molar-refractivity contribution >= 4 is 33.2 Å². The molecule has 0 bridgehead atoms. The summed E-state index contributed by atoms with van der Waals surface area (Å²) in [5, 5.41) is 9.83. The highest BCUT2D eigenvalue weighted by molar-refractivity contribution is 9.10. The Morgan fingerprint density at radius 2 is 2.05 bits per heavy atom. The number of aromatic nitrogens is 2. The maximum absolute atomic E-state index is 12.0. The molecule has 112 valence electrons. The fourth-order valence-corrected chi connectivity index (χ4v) is 2.67. The first kappa shape index (κ1) is 14.9. The summed E-state index contributed by atoms with van der Waals surface area (Å²) >= 11 is 4.82. The van der Waals surface area contributed by atoms with E-state index in [0.29, 0.717) is 11.5 Å². The monoisotopic (exact) mass is 378 g/mol. The van der Waals surface area contributed by atoms with E-state index in [4.69, 9.17) is 9.15 Å². The summed E-state index contributed by atoms with van der Waals surface area (Å²) in [5.41, 5.74) is 0.466. The summed E-state index contributed by atoms with van der Waals surface area (Å²) in [6.45, 7) is 1.70. The van der Waals surface area contributed by atoms with E-state index in [-0.39, 0.29) is 5.89 Å². The summed E-state index contributed by atoms with van der Waals surface area (Å²) in [6, 6.07) is 10.7. The fourth-order valence-electron chi connectivity index (χ4n) is 1.76. The topological polar surface area (TPSA) is 65.2 Å². The molecule has 0 spiro atoms. The Kier molecular flexibility index (Phi) is 4.35. The Hall–Kier alpha value is -1.99. The minimum absolute atomic E-state index is 0.272. The molecule has 0 radical (unpaired) electrons. The standard InChI is InChI=1S/C15H11BrN2O3S/c1-9(20-15(19)10-4-6-11(16)7-5-10)13-17-18-14(21-13)12-3-2-8-22-12/h2-9H,1H3/t9-/m0/s1. The molecule has 0 fully saturated rings. The highest BCUT2D eigenvalue weighted by Crippen LogP contribution is 2.26. The third-order valence-electron chi connectivity index (χ3n) is 2.88. The molecule has 0 aliphatic heterocycles. The molecule has 0 aliphatic carbocycles. The normalized spacial score (nSPS) is 12.1. The predicted molar refractivity (Wildman–Crippen MR) is 85.6 cm³/mol. The van der Waals surface area contributed by atoms with Crippen LogP contribution in [0, 0.1) is 0 Å². The molecular formula is C15H11BrN2O3S. The fraction of sp³-hybridized carbons (Fsp3) is 0.133. The van der Waals surface area contributed by atoms with Crippen molar-refractivity contribution in [1.29, 1.82) is 0 Å². The van der Waals surface area contributed by atoms with E-state index in [1.54, 1.807) is 31.2 Å². The molecule has 0 amide bonds. The Morgan fingerprint density at radius 1 is 1.27 bits per heavy atom. The molecule has 7 heteroatoms. The summed E-state index contributed by atoms with van der Waals surface area (Å²) in [6.07, 6.45) is -0.614. The van der Waals surface area contributed by atoms with E-state index < -0.39 is 12.1 Å². The van der Waals surface area contributed by atoms with Crippen molar-refractivity contribution in [2.75, 3.05) is 0 Å². The maximum Gasteiger partial charge on any atom is 0.338 e. The molecule has 3 aromatic rings.